The molecule has 0 fully saturated rings. The lowest BCUT2D eigenvalue weighted by Crippen LogP contribution is -2.18. The Bertz CT molecular complexity index is 372. The molecule has 0 saturated heterocycles. The Morgan fingerprint density at radius 1 is 1.64 bits per heavy atom. The highest BCUT2D eigenvalue weighted by Crippen LogP contribution is 2.21. The summed E-state index contributed by atoms with van der Waals surface area (Å²) in [5.74, 6) is -0.944. The quantitative estimate of drug-likeness (QED) is 0.808. The first-order valence-electron chi connectivity index (χ1n) is 4.19. The molecule has 0 bridgehead atoms. The van der Waals surface area contributed by atoms with Gasteiger partial charge in [-0.15, -0.1) is 11.3 Å². The van der Waals surface area contributed by atoms with Crippen LogP contribution in [0.4, 0.5) is 5.13 Å². The summed E-state index contributed by atoms with van der Waals surface area (Å²) in [5.41, 5.74) is 0.912. The fourth-order valence-corrected chi connectivity index (χ4v) is 1.62. The normalized spacial score (nSPS) is 11.9. The average Bonchev–Trinajstić information content (AvgIpc) is 2.44. The molecule has 0 radical (unpaired) electrons. The molecule has 1 amide bonds. The Morgan fingerprint density at radius 3 is 2.71 bits per heavy atom. The van der Waals surface area contributed by atoms with E-state index < -0.39 is 5.92 Å². The van der Waals surface area contributed by atoms with Gasteiger partial charge in [0.25, 0.3) is 0 Å². The number of hydrogen-bond acceptors (Lipinski definition) is 4. The van der Waals surface area contributed by atoms with Crippen LogP contribution in [0, 0.1) is 31.1 Å². The molecule has 0 saturated carbocycles. The van der Waals surface area contributed by atoms with Gasteiger partial charge in [0.15, 0.2) is 5.13 Å². The number of amides is 1. The molecule has 1 N–H and O–H groups in total. The third-order valence-electron chi connectivity index (χ3n) is 1.85. The molecule has 0 aromatic carbocycles. The number of hydrogen-bond donors (Lipinski definition) is 1. The van der Waals surface area contributed by atoms with E-state index in [9.17, 15) is 4.79 Å². The second-order valence-corrected chi connectivity index (χ2v) is 4.20. The van der Waals surface area contributed by atoms with Gasteiger partial charge >= 0.3 is 0 Å². The minimum Gasteiger partial charge on any atom is -0.301 e. The van der Waals surface area contributed by atoms with Gasteiger partial charge in [-0.3, -0.25) is 4.79 Å². The van der Waals surface area contributed by atoms with Crippen LogP contribution >= 0.6 is 11.3 Å². The van der Waals surface area contributed by atoms with Gasteiger partial charge in [-0.05, 0) is 20.8 Å². The molecule has 74 valence electrons. The summed E-state index contributed by atoms with van der Waals surface area (Å²) < 4.78 is 0. The number of anilines is 1. The zero-order chi connectivity index (χ0) is 10.7. The molecule has 5 heteroatoms. The average molecular weight is 209 g/mol. The number of carbonyl (C=O) groups is 1. The Kier molecular flexibility index (Phi) is 3.20. The molecule has 0 aliphatic heterocycles. The van der Waals surface area contributed by atoms with Gasteiger partial charge in [-0.25, -0.2) is 4.98 Å². The Morgan fingerprint density at radius 2 is 2.29 bits per heavy atom. The Labute approximate surface area is 86.6 Å². The summed E-state index contributed by atoms with van der Waals surface area (Å²) in [6.45, 7) is 5.38. The van der Waals surface area contributed by atoms with E-state index in [-0.39, 0.29) is 5.91 Å². The van der Waals surface area contributed by atoms with Crippen LogP contribution in [0.25, 0.3) is 0 Å². The van der Waals surface area contributed by atoms with Crippen LogP contribution in [0.3, 0.4) is 0 Å². The van der Waals surface area contributed by atoms with Crippen molar-refractivity contribution in [2.75, 3.05) is 5.32 Å². The van der Waals surface area contributed by atoms with Crippen molar-refractivity contribution >= 4 is 22.4 Å². The number of thiazole rings is 1. The van der Waals surface area contributed by atoms with Crippen LogP contribution in [0.5, 0.6) is 0 Å². The minimum absolute atomic E-state index is 0.304. The summed E-state index contributed by atoms with van der Waals surface area (Å²) in [6, 6.07) is 1.87. The van der Waals surface area contributed by atoms with E-state index in [4.69, 9.17) is 5.26 Å². The van der Waals surface area contributed by atoms with Crippen molar-refractivity contribution in [2.45, 2.75) is 20.8 Å². The SMILES string of the molecule is Cc1nc(NC(=O)C(C)C#N)sc1C. The number of carbonyl (C=O) groups excluding carboxylic acids is 1. The summed E-state index contributed by atoms with van der Waals surface area (Å²) >= 11 is 1.42. The number of aryl methyl sites for hydroxylation is 2. The Hall–Kier alpha value is -1.41. The molecule has 1 rings (SSSR count). The number of nitrogens with one attached hydrogen (secondary N) is 1. The fourth-order valence-electron chi connectivity index (χ4n) is 0.798. The van der Waals surface area contributed by atoms with Crippen LogP contribution in [-0.4, -0.2) is 10.9 Å². The lowest BCUT2D eigenvalue weighted by Gasteiger charge is -2.00. The number of aromatic nitrogens is 1. The zero-order valence-corrected chi connectivity index (χ0v) is 9.10. The van der Waals surface area contributed by atoms with E-state index in [1.807, 2.05) is 19.9 Å². The molecular weight excluding hydrogens is 198 g/mol. The summed E-state index contributed by atoms with van der Waals surface area (Å²) in [5, 5.41) is 11.7. The van der Waals surface area contributed by atoms with Crippen LogP contribution in [0.1, 0.15) is 17.5 Å². The molecule has 1 heterocycles. The maximum Gasteiger partial charge on any atom is 0.243 e. The van der Waals surface area contributed by atoms with Gasteiger partial charge in [0.1, 0.15) is 5.92 Å². The number of rotatable bonds is 2. The first-order chi connectivity index (χ1) is 6.54. The lowest BCUT2D eigenvalue weighted by molar-refractivity contribution is -0.117. The van der Waals surface area contributed by atoms with E-state index in [0.717, 1.165) is 10.6 Å². The Balaban J connectivity index is 2.71. The first kappa shape index (κ1) is 10.7. The standard InChI is InChI=1S/C9H11N3OS/c1-5(4-10)8(13)12-9-11-6(2)7(3)14-9/h5H,1-3H3,(H,11,12,13). The molecule has 0 aliphatic carbocycles. The van der Waals surface area contributed by atoms with E-state index in [0.29, 0.717) is 5.13 Å². The van der Waals surface area contributed by atoms with Crippen LogP contribution in [-0.2, 0) is 4.79 Å². The van der Waals surface area contributed by atoms with Gasteiger partial charge in [-0.2, -0.15) is 5.26 Å². The maximum absolute atomic E-state index is 11.3. The van der Waals surface area contributed by atoms with Crippen molar-refractivity contribution in [1.82, 2.24) is 4.98 Å². The van der Waals surface area contributed by atoms with Crippen molar-refractivity contribution in [1.29, 1.82) is 5.26 Å². The van der Waals surface area contributed by atoms with Crippen LogP contribution in [0.15, 0.2) is 0 Å². The predicted octanol–water partition coefficient (Wildman–Crippen LogP) is 1.86. The zero-order valence-electron chi connectivity index (χ0n) is 8.29. The van der Waals surface area contributed by atoms with Gasteiger partial charge in [0.2, 0.25) is 5.91 Å². The van der Waals surface area contributed by atoms with E-state index in [1.165, 1.54) is 11.3 Å². The summed E-state index contributed by atoms with van der Waals surface area (Å²) in [7, 11) is 0. The summed E-state index contributed by atoms with van der Waals surface area (Å²) in [4.78, 5) is 16.5. The fraction of sp³-hybridized carbons (Fsp3) is 0.444. The van der Waals surface area contributed by atoms with Crippen molar-refractivity contribution in [2.24, 2.45) is 5.92 Å². The van der Waals surface area contributed by atoms with E-state index in [1.54, 1.807) is 6.92 Å². The van der Waals surface area contributed by atoms with Gasteiger partial charge in [-0.1, -0.05) is 0 Å². The molecule has 1 aromatic heterocycles. The minimum atomic E-state index is -0.639. The van der Waals surface area contributed by atoms with E-state index >= 15 is 0 Å². The second kappa shape index (κ2) is 4.20. The van der Waals surface area contributed by atoms with Crippen LogP contribution in [0.2, 0.25) is 0 Å². The smallest absolute Gasteiger partial charge is 0.243 e. The van der Waals surface area contributed by atoms with Crippen molar-refractivity contribution in [3.8, 4) is 6.07 Å². The number of nitrogens with zero attached hydrogens (tertiary/aromatic N) is 2. The van der Waals surface area contributed by atoms with Gasteiger partial charge in [0, 0.05) is 4.88 Å². The van der Waals surface area contributed by atoms with E-state index in [2.05, 4.69) is 10.3 Å². The predicted molar refractivity (Wildman–Crippen MR) is 55.0 cm³/mol. The maximum atomic E-state index is 11.3. The summed E-state index contributed by atoms with van der Waals surface area (Å²) in [6.07, 6.45) is 0. The van der Waals surface area contributed by atoms with Gasteiger partial charge in [0.05, 0.1) is 11.8 Å². The third kappa shape index (κ3) is 2.30. The first-order valence-corrected chi connectivity index (χ1v) is 5.00. The highest BCUT2D eigenvalue weighted by molar-refractivity contribution is 7.15. The van der Waals surface area contributed by atoms with Crippen molar-refractivity contribution in [3.05, 3.63) is 10.6 Å². The van der Waals surface area contributed by atoms with Gasteiger partial charge < -0.3 is 5.32 Å². The van der Waals surface area contributed by atoms with Crippen LogP contribution < -0.4 is 5.32 Å². The number of nitriles is 1. The topological polar surface area (TPSA) is 65.8 Å². The highest BCUT2D eigenvalue weighted by Gasteiger charge is 2.13. The largest absolute Gasteiger partial charge is 0.301 e. The van der Waals surface area contributed by atoms with Crippen molar-refractivity contribution in [3.63, 3.8) is 0 Å². The molecule has 14 heavy (non-hydrogen) atoms. The molecular formula is C9H11N3OS. The monoisotopic (exact) mass is 209 g/mol. The highest BCUT2D eigenvalue weighted by atomic mass is 32.1. The molecule has 4 nitrogen and oxygen atoms in total. The van der Waals surface area contributed by atoms with Crippen molar-refractivity contribution < 1.29 is 4.79 Å². The molecule has 0 aliphatic rings. The molecule has 1 atom stereocenters. The molecule has 0 spiro atoms. The molecule has 1 aromatic rings. The third-order valence-corrected chi connectivity index (χ3v) is 2.83. The molecule has 1 unspecified atom stereocenters. The second-order valence-electron chi connectivity index (χ2n) is 3.00. The lowest BCUT2D eigenvalue weighted by atomic mass is 10.2.